The Kier molecular flexibility index (Phi) is 10.5. The molecule has 146 valence electrons. The van der Waals surface area contributed by atoms with Crippen LogP contribution in [0.4, 0.5) is 0 Å². The number of rotatable bonds is 9. The minimum Gasteiger partial charge on any atom is -0.282 e. The molecule has 0 amide bonds. The van der Waals surface area contributed by atoms with E-state index in [0.29, 0.717) is 30.8 Å². The predicted molar refractivity (Wildman–Crippen MR) is 129 cm³/mol. The first-order chi connectivity index (χ1) is 12.3. The Morgan fingerprint density at radius 1 is 0.846 bits per heavy atom. The third-order valence-corrected chi connectivity index (χ3v) is 13.4. The SMILES string of the molecule is C=C(C)C(=O)SCC1CSC(CCC2SCC(CSC(=O)C(=C)C)S2)S1. The van der Waals surface area contributed by atoms with Crippen LogP contribution in [0.15, 0.2) is 24.3 Å². The molecule has 26 heavy (non-hydrogen) atoms. The Balaban J connectivity index is 1.59. The lowest BCUT2D eigenvalue weighted by molar-refractivity contribution is -0.108. The van der Waals surface area contributed by atoms with Gasteiger partial charge in [0.15, 0.2) is 0 Å². The van der Waals surface area contributed by atoms with Gasteiger partial charge in [0, 0.05) is 33.5 Å². The maximum absolute atomic E-state index is 11.7. The summed E-state index contributed by atoms with van der Waals surface area (Å²) in [5.41, 5.74) is 1.30. The quantitative estimate of drug-likeness (QED) is 0.395. The number of carbonyl (C=O) groups excluding carboxylic acids is 2. The fourth-order valence-corrected chi connectivity index (χ4v) is 11.3. The van der Waals surface area contributed by atoms with Gasteiger partial charge < -0.3 is 0 Å². The van der Waals surface area contributed by atoms with Crippen LogP contribution in [0.25, 0.3) is 0 Å². The topological polar surface area (TPSA) is 34.1 Å². The summed E-state index contributed by atoms with van der Waals surface area (Å²) in [7, 11) is 0. The van der Waals surface area contributed by atoms with Gasteiger partial charge in [-0.25, -0.2) is 0 Å². The van der Waals surface area contributed by atoms with Crippen molar-refractivity contribution in [2.45, 2.75) is 46.4 Å². The van der Waals surface area contributed by atoms with Crippen LogP contribution in [0, 0.1) is 0 Å². The third-order valence-electron chi connectivity index (χ3n) is 3.76. The van der Waals surface area contributed by atoms with Gasteiger partial charge in [-0.05, 0) is 37.8 Å². The van der Waals surface area contributed by atoms with E-state index < -0.39 is 0 Å². The molecule has 0 aromatic heterocycles. The molecule has 2 nitrogen and oxygen atoms in total. The van der Waals surface area contributed by atoms with Crippen molar-refractivity contribution in [2.24, 2.45) is 0 Å². The number of hydrogen-bond donors (Lipinski definition) is 0. The van der Waals surface area contributed by atoms with E-state index in [0.717, 1.165) is 23.0 Å². The Morgan fingerprint density at radius 2 is 1.23 bits per heavy atom. The molecule has 2 heterocycles. The van der Waals surface area contributed by atoms with E-state index in [4.69, 9.17) is 0 Å². The summed E-state index contributed by atoms with van der Waals surface area (Å²) in [5, 5.41) is 1.43. The predicted octanol–water partition coefficient (Wildman–Crippen LogP) is 5.79. The van der Waals surface area contributed by atoms with Crippen molar-refractivity contribution in [3.8, 4) is 0 Å². The van der Waals surface area contributed by atoms with E-state index in [-0.39, 0.29) is 10.2 Å². The molecule has 2 aliphatic rings. The number of carbonyl (C=O) groups is 2. The van der Waals surface area contributed by atoms with Crippen LogP contribution in [0.2, 0.25) is 0 Å². The summed E-state index contributed by atoms with van der Waals surface area (Å²) in [6, 6.07) is 0. The highest BCUT2D eigenvalue weighted by atomic mass is 32.2. The molecule has 0 saturated carbocycles. The largest absolute Gasteiger partial charge is 0.282 e. The van der Waals surface area contributed by atoms with Gasteiger partial charge in [0.05, 0.1) is 9.16 Å². The normalized spacial score (nSPS) is 28.2. The molecule has 0 spiro atoms. The lowest BCUT2D eigenvalue weighted by Crippen LogP contribution is -2.08. The molecule has 4 atom stereocenters. The van der Waals surface area contributed by atoms with Gasteiger partial charge in [-0.2, -0.15) is 0 Å². The molecule has 0 aromatic carbocycles. The van der Waals surface area contributed by atoms with Crippen molar-refractivity contribution in [3.05, 3.63) is 24.3 Å². The third kappa shape index (κ3) is 8.11. The van der Waals surface area contributed by atoms with Crippen LogP contribution in [0.3, 0.4) is 0 Å². The fourth-order valence-electron chi connectivity index (χ4n) is 2.35. The zero-order valence-corrected chi connectivity index (χ0v) is 20.1. The van der Waals surface area contributed by atoms with E-state index in [1.807, 2.05) is 23.5 Å². The lowest BCUT2D eigenvalue weighted by atomic mass is 10.4. The maximum atomic E-state index is 11.7. The maximum Gasteiger partial charge on any atom is 0.214 e. The molecule has 2 fully saturated rings. The zero-order valence-electron chi connectivity index (χ0n) is 15.2. The van der Waals surface area contributed by atoms with Crippen LogP contribution >= 0.6 is 70.6 Å². The summed E-state index contributed by atoms with van der Waals surface area (Å²) in [6.45, 7) is 11.0. The van der Waals surface area contributed by atoms with Crippen LogP contribution in [0.5, 0.6) is 0 Å². The minimum absolute atomic E-state index is 0.131. The molecule has 0 bridgehead atoms. The number of thioether (sulfide) groups is 6. The van der Waals surface area contributed by atoms with Gasteiger partial charge in [0.25, 0.3) is 0 Å². The van der Waals surface area contributed by atoms with Crippen LogP contribution < -0.4 is 0 Å². The molecular formula is C18H26O2S6. The Labute approximate surface area is 183 Å². The molecule has 4 unspecified atom stereocenters. The fraction of sp³-hybridized carbons (Fsp3) is 0.667. The highest BCUT2D eigenvalue weighted by molar-refractivity contribution is 8.22. The molecule has 0 N–H and O–H groups in total. The summed E-state index contributed by atoms with van der Waals surface area (Å²) in [5.74, 6) is 4.11. The molecule has 0 radical (unpaired) electrons. The van der Waals surface area contributed by atoms with E-state index in [1.165, 1.54) is 36.4 Å². The highest BCUT2D eigenvalue weighted by Crippen LogP contribution is 2.46. The first-order valence-corrected chi connectivity index (χ1v) is 14.5. The van der Waals surface area contributed by atoms with Gasteiger partial charge in [-0.15, -0.1) is 47.0 Å². The Hall–Kier alpha value is 0.920. The lowest BCUT2D eigenvalue weighted by Gasteiger charge is -2.13. The van der Waals surface area contributed by atoms with Gasteiger partial charge in [0.1, 0.15) is 0 Å². The smallest absolute Gasteiger partial charge is 0.214 e. The van der Waals surface area contributed by atoms with Crippen LogP contribution in [0.1, 0.15) is 26.7 Å². The molecule has 2 rings (SSSR count). The summed E-state index contributed by atoms with van der Waals surface area (Å²) < 4.78 is 1.33. The molecule has 0 aromatic rings. The van der Waals surface area contributed by atoms with Crippen molar-refractivity contribution in [3.63, 3.8) is 0 Å². The van der Waals surface area contributed by atoms with Crippen molar-refractivity contribution in [2.75, 3.05) is 23.0 Å². The average Bonchev–Trinajstić information content (AvgIpc) is 3.24. The molecule has 2 saturated heterocycles. The van der Waals surface area contributed by atoms with Gasteiger partial charge in [-0.3, -0.25) is 9.59 Å². The first kappa shape index (κ1) is 23.2. The van der Waals surface area contributed by atoms with Crippen molar-refractivity contribution >= 4 is 80.8 Å². The van der Waals surface area contributed by atoms with Crippen molar-refractivity contribution in [1.82, 2.24) is 0 Å². The second kappa shape index (κ2) is 11.8. The van der Waals surface area contributed by atoms with Gasteiger partial charge in [-0.1, -0.05) is 36.7 Å². The van der Waals surface area contributed by atoms with Crippen LogP contribution in [-0.4, -0.2) is 52.9 Å². The number of hydrogen-bond acceptors (Lipinski definition) is 8. The average molecular weight is 467 g/mol. The second-order valence-electron chi connectivity index (χ2n) is 6.38. The first-order valence-electron chi connectivity index (χ1n) is 8.54. The van der Waals surface area contributed by atoms with Gasteiger partial charge in [0.2, 0.25) is 10.2 Å². The standard InChI is InChI=1S/C18H26O2S6/c1-11(2)17(19)23-9-13-7-21-15(25-13)5-6-16-22-8-14(26-16)10-24-18(20)12(3)4/h13-16H,1,3,5-10H2,2,4H3. The van der Waals surface area contributed by atoms with Crippen LogP contribution in [-0.2, 0) is 9.59 Å². The molecule has 2 aliphatic heterocycles. The summed E-state index contributed by atoms with van der Waals surface area (Å²) in [4.78, 5) is 23.3. The minimum atomic E-state index is 0.131. The van der Waals surface area contributed by atoms with E-state index >= 15 is 0 Å². The van der Waals surface area contributed by atoms with E-state index in [1.54, 1.807) is 13.8 Å². The van der Waals surface area contributed by atoms with Crippen molar-refractivity contribution < 1.29 is 9.59 Å². The molecule has 0 aliphatic carbocycles. The van der Waals surface area contributed by atoms with Gasteiger partial charge >= 0.3 is 0 Å². The Bertz CT molecular complexity index is 502. The summed E-state index contributed by atoms with van der Waals surface area (Å²) >= 11 is 11.0. The summed E-state index contributed by atoms with van der Waals surface area (Å²) in [6.07, 6.45) is 2.47. The zero-order chi connectivity index (χ0) is 19.1. The highest BCUT2D eigenvalue weighted by Gasteiger charge is 2.30. The monoisotopic (exact) mass is 466 g/mol. The molecule has 8 heteroatoms. The van der Waals surface area contributed by atoms with E-state index in [9.17, 15) is 9.59 Å². The van der Waals surface area contributed by atoms with E-state index in [2.05, 4.69) is 36.7 Å². The molecular weight excluding hydrogens is 441 g/mol. The second-order valence-corrected chi connectivity index (χ2v) is 14.4. The van der Waals surface area contributed by atoms with Crippen molar-refractivity contribution in [1.29, 1.82) is 0 Å². The Morgan fingerprint density at radius 3 is 1.58 bits per heavy atom.